The molecule has 0 spiro atoms. The average Bonchev–Trinajstić information content (AvgIpc) is 2.12. The molecule has 0 aromatic carbocycles. The number of hydrogen-bond acceptors (Lipinski definition) is 2. The van der Waals surface area contributed by atoms with E-state index in [1.54, 1.807) is 0 Å². The number of fused-ring (bicyclic) bond motifs is 1. The molecule has 1 aromatic heterocycles. The van der Waals surface area contributed by atoms with Crippen LogP contribution in [0.1, 0.15) is 36.8 Å². The zero-order valence-corrected chi connectivity index (χ0v) is 8.86. The van der Waals surface area contributed by atoms with Crippen LogP contribution in [0.2, 0.25) is 10.3 Å². The quantitative estimate of drug-likeness (QED) is 0.666. The van der Waals surface area contributed by atoms with Crippen LogP contribution in [0.5, 0.6) is 0 Å². The van der Waals surface area contributed by atoms with Crippen LogP contribution >= 0.6 is 23.2 Å². The van der Waals surface area contributed by atoms with Crippen molar-refractivity contribution in [2.75, 3.05) is 0 Å². The fraction of sp³-hybridized carbons (Fsp3) is 0.556. The Labute approximate surface area is 87.3 Å². The third-order valence-electron chi connectivity index (χ3n) is 2.58. The molecule has 0 saturated carbocycles. The summed E-state index contributed by atoms with van der Waals surface area (Å²) in [7, 11) is 0. The van der Waals surface area contributed by atoms with Crippen LogP contribution in [0.15, 0.2) is 0 Å². The summed E-state index contributed by atoms with van der Waals surface area (Å²) in [6.07, 6.45) is 3.30. The van der Waals surface area contributed by atoms with E-state index in [2.05, 4.69) is 17.1 Å². The number of rotatable bonds is 0. The number of nitrogens with zero attached hydrogens (tertiary/aromatic N) is 2. The molecule has 0 aliphatic heterocycles. The molecular formula is C9H10Cl2N2. The monoisotopic (exact) mass is 216 g/mol. The van der Waals surface area contributed by atoms with Crippen LogP contribution in [0.4, 0.5) is 0 Å². The molecule has 4 heteroatoms. The molecule has 1 unspecified atom stereocenters. The molecule has 1 aromatic rings. The first-order valence-electron chi connectivity index (χ1n) is 4.40. The molecule has 13 heavy (non-hydrogen) atoms. The maximum atomic E-state index is 5.98. The molecule has 0 saturated heterocycles. The van der Waals surface area contributed by atoms with Gasteiger partial charge in [-0.3, -0.25) is 0 Å². The van der Waals surface area contributed by atoms with Crippen molar-refractivity contribution in [3.05, 3.63) is 21.4 Å². The van der Waals surface area contributed by atoms with Crippen molar-refractivity contribution < 1.29 is 0 Å². The van der Waals surface area contributed by atoms with Crippen LogP contribution in [0.3, 0.4) is 0 Å². The topological polar surface area (TPSA) is 25.8 Å². The van der Waals surface area contributed by atoms with Crippen molar-refractivity contribution in [2.24, 2.45) is 0 Å². The van der Waals surface area contributed by atoms with Crippen molar-refractivity contribution in [1.82, 2.24) is 10.2 Å². The Kier molecular flexibility index (Phi) is 2.43. The summed E-state index contributed by atoms with van der Waals surface area (Å²) in [5.74, 6) is 0.462. The first-order chi connectivity index (χ1) is 6.20. The lowest BCUT2D eigenvalue weighted by Crippen LogP contribution is -2.10. The summed E-state index contributed by atoms with van der Waals surface area (Å²) in [6.45, 7) is 2.15. The van der Waals surface area contributed by atoms with Gasteiger partial charge in [-0.2, -0.15) is 0 Å². The maximum absolute atomic E-state index is 5.98. The Morgan fingerprint density at radius 3 is 2.62 bits per heavy atom. The standard InChI is InChI=1S/C9H10Cl2N2/c1-5-3-2-4-6-7(5)9(11)13-12-8(6)10/h5H,2-4H2,1H3. The second kappa shape index (κ2) is 3.43. The molecule has 2 nitrogen and oxygen atoms in total. The molecule has 0 N–H and O–H groups in total. The highest BCUT2D eigenvalue weighted by atomic mass is 35.5. The fourth-order valence-electron chi connectivity index (χ4n) is 1.91. The third kappa shape index (κ3) is 1.53. The van der Waals surface area contributed by atoms with Gasteiger partial charge in [0.2, 0.25) is 0 Å². The fourth-order valence-corrected chi connectivity index (χ4v) is 2.48. The van der Waals surface area contributed by atoms with Gasteiger partial charge < -0.3 is 0 Å². The molecule has 1 aliphatic carbocycles. The SMILES string of the molecule is CC1CCCc2c(Cl)nnc(Cl)c21. The highest BCUT2D eigenvalue weighted by Crippen LogP contribution is 2.37. The Bertz CT molecular complexity index is 339. The first-order valence-corrected chi connectivity index (χ1v) is 5.16. The van der Waals surface area contributed by atoms with Crippen LogP contribution in [0, 0.1) is 0 Å². The zero-order valence-electron chi connectivity index (χ0n) is 7.35. The van der Waals surface area contributed by atoms with Crippen molar-refractivity contribution in [1.29, 1.82) is 0 Å². The molecular weight excluding hydrogens is 207 g/mol. The van der Waals surface area contributed by atoms with Crippen molar-refractivity contribution in [3.63, 3.8) is 0 Å². The minimum atomic E-state index is 0.462. The molecule has 1 heterocycles. The van der Waals surface area contributed by atoms with E-state index in [0.717, 1.165) is 30.4 Å². The molecule has 1 atom stereocenters. The molecule has 0 amide bonds. The van der Waals surface area contributed by atoms with Crippen molar-refractivity contribution in [2.45, 2.75) is 32.1 Å². The molecule has 70 valence electrons. The van der Waals surface area contributed by atoms with E-state index in [1.807, 2.05) is 0 Å². The third-order valence-corrected chi connectivity index (χ3v) is 3.16. The highest BCUT2D eigenvalue weighted by molar-refractivity contribution is 6.32. The second-order valence-electron chi connectivity index (χ2n) is 3.47. The van der Waals surface area contributed by atoms with Gasteiger partial charge in [0, 0.05) is 5.56 Å². The van der Waals surface area contributed by atoms with E-state index in [1.165, 1.54) is 0 Å². The lowest BCUT2D eigenvalue weighted by molar-refractivity contribution is 0.583. The highest BCUT2D eigenvalue weighted by Gasteiger charge is 2.23. The second-order valence-corrected chi connectivity index (χ2v) is 4.18. The molecule has 0 radical (unpaired) electrons. The first kappa shape index (κ1) is 9.22. The lowest BCUT2D eigenvalue weighted by Gasteiger charge is -2.22. The van der Waals surface area contributed by atoms with Gasteiger partial charge in [0.15, 0.2) is 10.3 Å². The van der Waals surface area contributed by atoms with Gasteiger partial charge in [-0.25, -0.2) is 0 Å². The molecule has 2 rings (SSSR count). The summed E-state index contributed by atoms with van der Waals surface area (Å²) in [6, 6.07) is 0. The Balaban J connectivity index is 2.60. The van der Waals surface area contributed by atoms with E-state index in [9.17, 15) is 0 Å². The normalized spacial score (nSPS) is 21.3. The Morgan fingerprint density at radius 2 is 1.92 bits per heavy atom. The van der Waals surface area contributed by atoms with Crippen LogP contribution < -0.4 is 0 Å². The van der Waals surface area contributed by atoms with Gasteiger partial charge >= 0.3 is 0 Å². The van der Waals surface area contributed by atoms with Gasteiger partial charge in [-0.05, 0) is 30.7 Å². The van der Waals surface area contributed by atoms with E-state index in [-0.39, 0.29) is 0 Å². The van der Waals surface area contributed by atoms with Crippen LogP contribution in [-0.2, 0) is 6.42 Å². The minimum Gasteiger partial charge on any atom is -0.137 e. The van der Waals surface area contributed by atoms with E-state index in [0.29, 0.717) is 16.2 Å². The smallest absolute Gasteiger partial charge is 0.137 e. The van der Waals surface area contributed by atoms with Crippen molar-refractivity contribution >= 4 is 23.2 Å². The van der Waals surface area contributed by atoms with Crippen LogP contribution in [0.25, 0.3) is 0 Å². The van der Waals surface area contributed by atoms with Gasteiger partial charge in [-0.15, -0.1) is 10.2 Å². The summed E-state index contributed by atoms with van der Waals surface area (Å²) in [5, 5.41) is 8.68. The number of hydrogen-bond donors (Lipinski definition) is 0. The maximum Gasteiger partial charge on any atom is 0.155 e. The molecule has 0 bridgehead atoms. The molecule has 1 aliphatic rings. The predicted molar refractivity (Wildman–Crippen MR) is 53.4 cm³/mol. The van der Waals surface area contributed by atoms with Crippen molar-refractivity contribution in [3.8, 4) is 0 Å². The average molecular weight is 217 g/mol. The van der Waals surface area contributed by atoms with E-state index in [4.69, 9.17) is 23.2 Å². The Morgan fingerprint density at radius 1 is 1.23 bits per heavy atom. The van der Waals surface area contributed by atoms with Gasteiger partial charge in [0.25, 0.3) is 0 Å². The van der Waals surface area contributed by atoms with E-state index < -0.39 is 0 Å². The van der Waals surface area contributed by atoms with Gasteiger partial charge in [0.05, 0.1) is 0 Å². The summed E-state index contributed by atoms with van der Waals surface area (Å²) < 4.78 is 0. The Hall–Kier alpha value is -0.340. The number of aromatic nitrogens is 2. The molecule has 0 fully saturated rings. The van der Waals surface area contributed by atoms with Gasteiger partial charge in [-0.1, -0.05) is 30.1 Å². The largest absolute Gasteiger partial charge is 0.155 e. The summed E-state index contributed by atoms with van der Waals surface area (Å²) in [5.41, 5.74) is 2.20. The van der Waals surface area contributed by atoms with Crippen LogP contribution in [-0.4, -0.2) is 10.2 Å². The number of halogens is 2. The predicted octanol–water partition coefficient (Wildman–Crippen LogP) is 3.22. The lowest BCUT2D eigenvalue weighted by atomic mass is 9.86. The minimum absolute atomic E-state index is 0.462. The van der Waals surface area contributed by atoms with Gasteiger partial charge in [0.1, 0.15) is 0 Å². The summed E-state index contributed by atoms with van der Waals surface area (Å²) >= 11 is 11.9. The summed E-state index contributed by atoms with van der Waals surface area (Å²) in [4.78, 5) is 0. The van der Waals surface area contributed by atoms with E-state index >= 15 is 0 Å². The zero-order chi connectivity index (χ0) is 9.42.